The minimum absolute atomic E-state index is 0.595. The van der Waals surface area contributed by atoms with Crippen molar-refractivity contribution in [3.05, 3.63) is 60.2 Å². The van der Waals surface area contributed by atoms with Gasteiger partial charge in [0, 0.05) is 19.1 Å². The topological polar surface area (TPSA) is 15.3 Å². The van der Waals surface area contributed by atoms with Crippen molar-refractivity contribution < 1.29 is 0 Å². The van der Waals surface area contributed by atoms with E-state index >= 15 is 0 Å². The fraction of sp³-hybridized carbons (Fsp3) is 0.500. The van der Waals surface area contributed by atoms with Crippen LogP contribution in [0, 0.1) is 5.92 Å². The molecule has 0 saturated carbocycles. The number of piperidine rings is 1. The lowest BCUT2D eigenvalue weighted by Gasteiger charge is -2.32. The van der Waals surface area contributed by atoms with E-state index in [0.717, 1.165) is 13.1 Å². The summed E-state index contributed by atoms with van der Waals surface area (Å²) >= 11 is 0. The molecule has 0 atom stereocenters. The lowest BCUT2D eigenvalue weighted by Crippen LogP contribution is -2.42. The molecule has 1 aromatic rings. The van der Waals surface area contributed by atoms with E-state index in [-0.39, 0.29) is 0 Å². The average molecular weight is 298 g/mol. The molecule has 1 fully saturated rings. The second kappa shape index (κ2) is 8.92. The molecule has 22 heavy (non-hydrogen) atoms. The van der Waals surface area contributed by atoms with Gasteiger partial charge in [0.25, 0.3) is 0 Å². The van der Waals surface area contributed by atoms with Gasteiger partial charge >= 0.3 is 0 Å². The first kappa shape index (κ1) is 17.0. The molecule has 120 valence electrons. The van der Waals surface area contributed by atoms with Crippen LogP contribution in [-0.4, -0.2) is 30.6 Å². The minimum atomic E-state index is 0.595. The van der Waals surface area contributed by atoms with Crippen LogP contribution in [0.25, 0.3) is 0 Å². The molecule has 0 aliphatic carbocycles. The molecule has 1 saturated heterocycles. The van der Waals surface area contributed by atoms with E-state index in [4.69, 9.17) is 0 Å². The van der Waals surface area contributed by atoms with Gasteiger partial charge in [0.2, 0.25) is 0 Å². The summed E-state index contributed by atoms with van der Waals surface area (Å²) in [6.45, 7) is 12.9. The Kier molecular flexibility index (Phi) is 6.88. The highest BCUT2D eigenvalue weighted by atomic mass is 15.1. The Hall–Kier alpha value is -1.38. The number of rotatable bonds is 7. The average Bonchev–Trinajstić information content (AvgIpc) is 2.53. The van der Waals surface area contributed by atoms with Crippen molar-refractivity contribution in [3.8, 4) is 0 Å². The number of allylic oxidation sites excluding steroid dienone is 1. The summed E-state index contributed by atoms with van der Waals surface area (Å²) in [6.07, 6.45) is 6.83. The van der Waals surface area contributed by atoms with E-state index in [9.17, 15) is 0 Å². The predicted molar refractivity (Wildman–Crippen MR) is 95.9 cm³/mol. The van der Waals surface area contributed by atoms with Crippen molar-refractivity contribution in [2.24, 2.45) is 5.92 Å². The monoisotopic (exact) mass is 298 g/mol. The Morgan fingerprint density at radius 3 is 2.59 bits per heavy atom. The standard InChI is InChI=1S/C20H30N2/c1-17(2)9-10-18(3)15-21-20-11-13-22(14-12-20)16-19-7-5-4-6-8-19/h4-10,17,20-21H,3,11-16H2,1-2H3/b10-9-. The van der Waals surface area contributed by atoms with Crippen LogP contribution in [0.5, 0.6) is 0 Å². The molecule has 0 aromatic heterocycles. The highest BCUT2D eigenvalue weighted by molar-refractivity contribution is 5.17. The van der Waals surface area contributed by atoms with E-state index in [1.165, 1.54) is 37.1 Å². The third-order valence-corrected chi connectivity index (χ3v) is 4.17. The zero-order valence-electron chi connectivity index (χ0n) is 14.1. The summed E-state index contributed by atoms with van der Waals surface area (Å²) in [5.74, 6) is 0.595. The van der Waals surface area contributed by atoms with E-state index in [1.54, 1.807) is 0 Å². The summed E-state index contributed by atoms with van der Waals surface area (Å²) in [7, 11) is 0. The summed E-state index contributed by atoms with van der Waals surface area (Å²) in [5.41, 5.74) is 2.60. The SMILES string of the molecule is C=C(/C=C\C(C)C)CNC1CCN(Cc2ccccc2)CC1. The van der Waals surface area contributed by atoms with Crippen LogP contribution in [0.4, 0.5) is 0 Å². The van der Waals surface area contributed by atoms with Crippen molar-refractivity contribution in [1.29, 1.82) is 0 Å². The Bertz CT molecular complexity index is 468. The highest BCUT2D eigenvalue weighted by Gasteiger charge is 2.18. The first-order valence-corrected chi connectivity index (χ1v) is 8.49. The maximum atomic E-state index is 4.12. The zero-order valence-corrected chi connectivity index (χ0v) is 14.1. The lowest BCUT2D eigenvalue weighted by molar-refractivity contribution is 0.192. The number of hydrogen-bond acceptors (Lipinski definition) is 2. The quantitative estimate of drug-likeness (QED) is 0.765. The van der Waals surface area contributed by atoms with Gasteiger partial charge in [-0.05, 0) is 43.0 Å². The molecule has 0 radical (unpaired) electrons. The van der Waals surface area contributed by atoms with Gasteiger partial charge in [-0.2, -0.15) is 0 Å². The largest absolute Gasteiger partial charge is 0.310 e. The molecule has 0 amide bonds. The van der Waals surface area contributed by atoms with Crippen molar-refractivity contribution in [2.75, 3.05) is 19.6 Å². The van der Waals surface area contributed by atoms with Gasteiger partial charge in [0.15, 0.2) is 0 Å². The number of nitrogens with one attached hydrogen (secondary N) is 1. The molecule has 2 rings (SSSR count). The van der Waals surface area contributed by atoms with Gasteiger partial charge in [-0.1, -0.05) is 62.9 Å². The number of nitrogens with zero attached hydrogens (tertiary/aromatic N) is 1. The summed E-state index contributed by atoms with van der Waals surface area (Å²) in [6, 6.07) is 11.4. The molecule has 0 bridgehead atoms. The van der Waals surface area contributed by atoms with Crippen LogP contribution in [0.15, 0.2) is 54.6 Å². The van der Waals surface area contributed by atoms with Crippen LogP contribution in [0.3, 0.4) is 0 Å². The Morgan fingerprint density at radius 1 is 1.27 bits per heavy atom. The number of likely N-dealkylation sites (tertiary alicyclic amines) is 1. The Morgan fingerprint density at radius 2 is 1.95 bits per heavy atom. The number of hydrogen-bond donors (Lipinski definition) is 1. The van der Waals surface area contributed by atoms with E-state index in [1.807, 2.05) is 0 Å². The fourth-order valence-corrected chi connectivity index (χ4v) is 2.80. The molecular weight excluding hydrogens is 268 g/mol. The maximum Gasteiger partial charge on any atom is 0.0233 e. The first-order chi connectivity index (χ1) is 10.6. The van der Waals surface area contributed by atoms with Crippen LogP contribution in [0.1, 0.15) is 32.3 Å². The van der Waals surface area contributed by atoms with Gasteiger partial charge < -0.3 is 5.32 Å². The van der Waals surface area contributed by atoms with E-state index in [0.29, 0.717) is 12.0 Å². The van der Waals surface area contributed by atoms with Gasteiger partial charge in [-0.15, -0.1) is 0 Å². The predicted octanol–water partition coefficient (Wildman–Crippen LogP) is 4.01. The van der Waals surface area contributed by atoms with Gasteiger partial charge in [0.1, 0.15) is 0 Å². The van der Waals surface area contributed by atoms with Gasteiger partial charge in [-0.3, -0.25) is 4.90 Å². The second-order valence-electron chi connectivity index (χ2n) is 6.68. The van der Waals surface area contributed by atoms with E-state index in [2.05, 4.69) is 73.1 Å². The van der Waals surface area contributed by atoms with Crippen LogP contribution in [0.2, 0.25) is 0 Å². The third-order valence-electron chi connectivity index (χ3n) is 4.17. The van der Waals surface area contributed by atoms with Crippen molar-refractivity contribution >= 4 is 0 Å². The molecule has 2 nitrogen and oxygen atoms in total. The van der Waals surface area contributed by atoms with Crippen molar-refractivity contribution in [3.63, 3.8) is 0 Å². The molecular formula is C20H30N2. The Balaban J connectivity index is 1.66. The molecule has 1 aliphatic rings. The first-order valence-electron chi connectivity index (χ1n) is 8.49. The van der Waals surface area contributed by atoms with Crippen LogP contribution < -0.4 is 5.32 Å². The highest BCUT2D eigenvalue weighted by Crippen LogP contribution is 2.14. The zero-order chi connectivity index (χ0) is 15.8. The maximum absolute atomic E-state index is 4.12. The second-order valence-corrected chi connectivity index (χ2v) is 6.68. The van der Waals surface area contributed by atoms with Gasteiger partial charge in [-0.25, -0.2) is 0 Å². The Labute approximate surface area is 135 Å². The van der Waals surface area contributed by atoms with Crippen LogP contribution in [-0.2, 0) is 6.54 Å². The van der Waals surface area contributed by atoms with Crippen LogP contribution >= 0.6 is 0 Å². The summed E-state index contributed by atoms with van der Waals surface area (Å²) < 4.78 is 0. The summed E-state index contributed by atoms with van der Waals surface area (Å²) in [5, 5.41) is 3.65. The molecule has 0 spiro atoms. The third kappa shape index (κ3) is 6.17. The smallest absolute Gasteiger partial charge is 0.0233 e. The van der Waals surface area contributed by atoms with Crippen molar-refractivity contribution in [2.45, 2.75) is 39.3 Å². The van der Waals surface area contributed by atoms with Crippen molar-refractivity contribution in [1.82, 2.24) is 10.2 Å². The van der Waals surface area contributed by atoms with Gasteiger partial charge in [0.05, 0.1) is 0 Å². The molecule has 1 heterocycles. The summed E-state index contributed by atoms with van der Waals surface area (Å²) in [4.78, 5) is 2.56. The molecule has 2 heteroatoms. The lowest BCUT2D eigenvalue weighted by atomic mass is 10.0. The fourth-order valence-electron chi connectivity index (χ4n) is 2.80. The molecule has 1 N–H and O–H groups in total. The van der Waals surface area contributed by atoms with E-state index < -0.39 is 0 Å². The molecule has 0 unspecified atom stereocenters. The molecule has 1 aliphatic heterocycles. The minimum Gasteiger partial charge on any atom is -0.310 e. The number of benzene rings is 1. The normalized spacial score (nSPS) is 17.4. The molecule has 1 aromatic carbocycles.